The lowest BCUT2D eigenvalue weighted by molar-refractivity contribution is -0.145. The van der Waals surface area contributed by atoms with E-state index in [-0.39, 0.29) is 5.97 Å². The van der Waals surface area contributed by atoms with Crippen molar-refractivity contribution in [2.24, 2.45) is 11.8 Å². The Hall–Kier alpha value is -0.790. The standard InChI is InChI=1S/C28H54O2/c1-5-7-8-9-10-11-12-13-14-15-16-17-18-19-20-24-28(29)30-25-27(4)23-21-22-26(3)6-2/h13-14,26-27H,5-12,15-25H2,1-4H3/b14-13-. The summed E-state index contributed by atoms with van der Waals surface area (Å²) in [6.45, 7) is 9.65. The molecule has 2 unspecified atom stereocenters. The molecule has 2 nitrogen and oxygen atoms in total. The average molecular weight is 423 g/mol. The summed E-state index contributed by atoms with van der Waals surface area (Å²) in [4.78, 5) is 11.9. The quantitative estimate of drug-likeness (QED) is 0.0986. The van der Waals surface area contributed by atoms with Gasteiger partial charge in [-0.3, -0.25) is 4.79 Å². The minimum atomic E-state index is 0.00130. The fourth-order valence-corrected chi connectivity index (χ4v) is 3.75. The molecule has 30 heavy (non-hydrogen) atoms. The summed E-state index contributed by atoms with van der Waals surface area (Å²) in [5, 5.41) is 0. The van der Waals surface area contributed by atoms with E-state index in [9.17, 15) is 4.79 Å². The average Bonchev–Trinajstić information content (AvgIpc) is 2.74. The molecule has 0 aromatic rings. The van der Waals surface area contributed by atoms with Gasteiger partial charge in [0.05, 0.1) is 6.61 Å². The van der Waals surface area contributed by atoms with Crippen molar-refractivity contribution in [3.63, 3.8) is 0 Å². The van der Waals surface area contributed by atoms with Crippen LogP contribution in [0.15, 0.2) is 12.2 Å². The SMILES string of the molecule is CCCCCCCC/C=C\CCCCCCCC(=O)OCC(C)CCCC(C)CC. The van der Waals surface area contributed by atoms with Crippen molar-refractivity contribution in [3.05, 3.63) is 12.2 Å². The Labute approximate surface area is 189 Å². The highest BCUT2D eigenvalue weighted by Gasteiger charge is 2.08. The molecule has 0 rings (SSSR count). The van der Waals surface area contributed by atoms with Gasteiger partial charge in [0.1, 0.15) is 0 Å². The third-order valence-electron chi connectivity index (χ3n) is 6.26. The molecule has 0 N–H and O–H groups in total. The topological polar surface area (TPSA) is 26.3 Å². The molecule has 0 saturated heterocycles. The predicted octanol–water partition coefficient (Wildman–Crippen LogP) is 9.42. The van der Waals surface area contributed by atoms with Crippen LogP contribution in [0.4, 0.5) is 0 Å². The van der Waals surface area contributed by atoms with E-state index in [1.807, 2.05) is 0 Å². The van der Waals surface area contributed by atoms with E-state index in [0.29, 0.717) is 18.9 Å². The van der Waals surface area contributed by atoms with Gasteiger partial charge in [-0.2, -0.15) is 0 Å². The fraction of sp³-hybridized carbons (Fsp3) is 0.893. The molecular weight excluding hydrogens is 368 g/mol. The van der Waals surface area contributed by atoms with Crippen LogP contribution < -0.4 is 0 Å². The molecule has 0 aliphatic rings. The molecule has 2 atom stereocenters. The summed E-state index contributed by atoms with van der Waals surface area (Å²) in [5.41, 5.74) is 0. The van der Waals surface area contributed by atoms with Gasteiger partial charge in [-0.05, 0) is 50.4 Å². The molecule has 0 fully saturated rings. The van der Waals surface area contributed by atoms with E-state index in [1.54, 1.807) is 0 Å². The first-order valence-electron chi connectivity index (χ1n) is 13.4. The Morgan fingerprint density at radius 1 is 0.700 bits per heavy atom. The van der Waals surface area contributed by atoms with E-state index in [4.69, 9.17) is 4.74 Å². The molecule has 178 valence electrons. The van der Waals surface area contributed by atoms with Crippen LogP contribution in [0.2, 0.25) is 0 Å². The summed E-state index contributed by atoms with van der Waals surface area (Å²) in [6, 6.07) is 0. The second kappa shape index (κ2) is 22.9. The van der Waals surface area contributed by atoms with Crippen molar-refractivity contribution in [1.82, 2.24) is 0 Å². The molecule has 0 heterocycles. The zero-order valence-corrected chi connectivity index (χ0v) is 21.1. The van der Waals surface area contributed by atoms with Crippen LogP contribution in [-0.4, -0.2) is 12.6 Å². The Bertz CT molecular complexity index is 388. The first kappa shape index (κ1) is 29.2. The highest BCUT2D eigenvalue weighted by Crippen LogP contribution is 2.16. The van der Waals surface area contributed by atoms with Crippen molar-refractivity contribution < 1.29 is 9.53 Å². The van der Waals surface area contributed by atoms with Gasteiger partial charge in [0.15, 0.2) is 0 Å². The zero-order chi connectivity index (χ0) is 22.3. The zero-order valence-electron chi connectivity index (χ0n) is 21.1. The maximum Gasteiger partial charge on any atom is 0.305 e. The second-order valence-corrected chi connectivity index (χ2v) is 9.57. The Balaban J connectivity index is 3.35. The van der Waals surface area contributed by atoms with Crippen LogP contribution in [0.3, 0.4) is 0 Å². The van der Waals surface area contributed by atoms with Crippen LogP contribution >= 0.6 is 0 Å². The predicted molar refractivity (Wildman–Crippen MR) is 133 cm³/mol. The molecule has 0 aromatic heterocycles. The lowest BCUT2D eigenvalue weighted by Gasteiger charge is -2.13. The van der Waals surface area contributed by atoms with Crippen molar-refractivity contribution in [2.75, 3.05) is 6.61 Å². The molecule has 0 bridgehead atoms. The van der Waals surface area contributed by atoms with Crippen molar-refractivity contribution >= 4 is 5.97 Å². The Morgan fingerprint density at radius 3 is 1.83 bits per heavy atom. The molecule has 0 aromatic carbocycles. The van der Waals surface area contributed by atoms with Gasteiger partial charge < -0.3 is 4.74 Å². The molecule has 0 saturated carbocycles. The molecule has 0 radical (unpaired) electrons. The van der Waals surface area contributed by atoms with Crippen LogP contribution in [0.25, 0.3) is 0 Å². The van der Waals surface area contributed by atoms with Crippen molar-refractivity contribution in [2.45, 2.75) is 143 Å². The Morgan fingerprint density at radius 2 is 1.23 bits per heavy atom. The van der Waals surface area contributed by atoms with Gasteiger partial charge in [0.2, 0.25) is 0 Å². The second-order valence-electron chi connectivity index (χ2n) is 9.57. The molecule has 0 amide bonds. The first-order valence-corrected chi connectivity index (χ1v) is 13.4. The monoisotopic (exact) mass is 422 g/mol. The molecule has 0 spiro atoms. The molecule has 0 aliphatic carbocycles. The maximum atomic E-state index is 11.9. The number of carbonyl (C=O) groups is 1. The summed E-state index contributed by atoms with van der Waals surface area (Å²) >= 11 is 0. The minimum absolute atomic E-state index is 0.00130. The van der Waals surface area contributed by atoms with E-state index < -0.39 is 0 Å². The van der Waals surface area contributed by atoms with Crippen LogP contribution in [0.5, 0.6) is 0 Å². The highest BCUT2D eigenvalue weighted by atomic mass is 16.5. The van der Waals surface area contributed by atoms with Gasteiger partial charge in [0, 0.05) is 6.42 Å². The number of carbonyl (C=O) groups excluding carboxylic acids is 1. The van der Waals surface area contributed by atoms with E-state index in [1.165, 1.54) is 96.3 Å². The van der Waals surface area contributed by atoms with Gasteiger partial charge >= 0.3 is 5.97 Å². The number of rotatable bonds is 22. The summed E-state index contributed by atoms with van der Waals surface area (Å²) in [7, 11) is 0. The minimum Gasteiger partial charge on any atom is -0.465 e. The first-order chi connectivity index (χ1) is 14.6. The van der Waals surface area contributed by atoms with Crippen molar-refractivity contribution in [1.29, 1.82) is 0 Å². The maximum absolute atomic E-state index is 11.9. The number of allylic oxidation sites excluding steroid dienone is 2. The summed E-state index contributed by atoms with van der Waals surface area (Å²) in [6.07, 6.45) is 27.0. The normalized spacial score (nSPS) is 13.6. The number of hydrogen-bond donors (Lipinski definition) is 0. The number of unbranched alkanes of at least 4 members (excludes halogenated alkanes) is 11. The summed E-state index contributed by atoms with van der Waals surface area (Å²) in [5.74, 6) is 1.31. The fourth-order valence-electron chi connectivity index (χ4n) is 3.75. The number of esters is 1. The lowest BCUT2D eigenvalue weighted by Crippen LogP contribution is -2.12. The van der Waals surface area contributed by atoms with E-state index in [2.05, 4.69) is 39.8 Å². The lowest BCUT2D eigenvalue weighted by atomic mass is 9.97. The van der Waals surface area contributed by atoms with E-state index >= 15 is 0 Å². The molecular formula is C28H54O2. The third-order valence-corrected chi connectivity index (χ3v) is 6.26. The van der Waals surface area contributed by atoms with Gasteiger partial charge in [0.25, 0.3) is 0 Å². The largest absolute Gasteiger partial charge is 0.465 e. The van der Waals surface area contributed by atoms with Crippen LogP contribution in [-0.2, 0) is 9.53 Å². The smallest absolute Gasteiger partial charge is 0.305 e. The molecule has 0 aliphatic heterocycles. The van der Waals surface area contributed by atoms with E-state index in [0.717, 1.165) is 18.8 Å². The Kier molecular flexibility index (Phi) is 22.3. The van der Waals surface area contributed by atoms with Crippen molar-refractivity contribution in [3.8, 4) is 0 Å². The summed E-state index contributed by atoms with van der Waals surface area (Å²) < 4.78 is 5.46. The van der Waals surface area contributed by atoms with Gasteiger partial charge in [-0.25, -0.2) is 0 Å². The molecule has 2 heteroatoms. The van der Waals surface area contributed by atoms with Gasteiger partial charge in [-0.1, -0.05) is 110 Å². The number of hydrogen-bond acceptors (Lipinski definition) is 2. The van der Waals surface area contributed by atoms with Gasteiger partial charge in [-0.15, -0.1) is 0 Å². The van der Waals surface area contributed by atoms with Crippen LogP contribution in [0.1, 0.15) is 143 Å². The third kappa shape index (κ3) is 21.9. The number of ether oxygens (including phenoxy) is 1. The van der Waals surface area contributed by atoms with Crippen LogP contribution in [0, 0.1) is 11.8 Å². The highest BCUT2D eigenvalue weighted by molar-refractivity contribution is 5.69.